The number of fused-ring (bicyclic) bond motifs is 1. The molecule has 0 saturated carbocycles. The van der Waals surface area contributed by atoms with E-state index >= 15 is 0 Å². The quantitative estimate of drug-likeness (QED) is 0.396. The summed E-state index contributed by atoms with van der Waals surface area (Å²) in [6, 6.07) is 22.3. The zero-order chi connectivity index (χ0) is 23.8. The van der Waals surface area contributed by atoms with E-state index in [0.29, 0.717) is 28.5 Å². The molecule has 1 aliphatic rings. The molecule has 172 valence electrons. The van der Waals surface area contributed by atoms with Gasteiger partial charge in [0.1, 0.15) is 5.58 Å². The molecule has 0 unspecified atom stereocenters. The van der Waals surface area contributed by atoms with E-state index in [1.807, 2.05) is 44.2 Å². The van der Waals surface area contributed by atoms with Gasteiger partial charge in [0.2, 0.25) is 0 Å². The van der Waals surface area contributed by atoms with Crippen LogP contribution in [0.3, 0.4) is 0 Å². The maximum Gasteiger partial charge on any atom is 0.337 e. The summed E-state index contributed by atoms with van der Waals surface area (Å²) in [7, 11) is 0. The van der Waals surface area contributed by atoms with Crippen LogP contribution in [-0.4, -0.2) is 24.2 Å². The first-order chi connectivity index (χ1) is 16.4. The van der Waals surface area contributed by atoms with E-state index in [1.54, 1.807) is 30.3 Å². The fraction of sp³-hybridized carbons (Fsp3) is 0.214. The standard InChI is InChI=1S/C28H26N2O4/c1-17-12-22(18(2)29-24-11-7-6-10-21(24)28(32)33)27-23(13-17)25(31)14-26(34-27)30-15-20(16-30)19-8-4-3-5-9-19/h3-14,18,20,29H,15-16H2,1-2H3,(H,32,33)/t18-/m1/s1. The van der Waals surface area contributed by atoms with Crippen LogP contribution >= 0.6 is 0 Å². The minimum absolute atomic E-state index is 0.0810. The summed E-state index contributed by atoms with van der Waals surface area (Å²) in [4.78, 5) is 26.8. The fourth-order valence-electron chi connectivity index (χ4n) is 4.60. The first-order valence-corrected chi connectivity index (χ1v) is 11.4. The fourth-order valence-corrected chi connectivity index (χ4v) is 4.60. The minimum atomic E-state index is -0.996. The number of nitrogens with one attached hydrogen (secondary N) is 1. The molecule has 0 bridgehead atoms. The highest BCUT2D eigenvalue weighted by atomic mass is 16.4. The molecular weight excluding hydrogens is 428 g/mol. The number of carboxylic acid groups (broad SMARTS) is 1. The minimum Gasteiger partial charge on any atom is -0.478 e. The van der Waals surface area contributed by atoms with Gasteiger partial charge in [0.25, 0.3) is 0 Å². The second-order valence-electron chi connectivity index (χ2n) is 8.91. The average Bonchev–Trinajstić information content (AvgIpc) is 2.79. The normalized spacial score (nSPS) is 14.6. The number of rotatable bonds is 6. The van der Waals surface area contributed by atoms with Gasteiger partial charge in [-0.25, -0.2) is 4.79 Å². The lowest BCUT2D eigenvalue weighted by Crippen LogP contribution is -2.45. The number of carbonyl (C=O) groups is 1. The molecule has 6 heteroatoms. The lowest BCUT2D eigenvalue weighted by atomic mass is 9.91. The van der Waals surface area contributed by atoms with Gasteiger partial charge in [-0.3, -0.25) is 4.79 Å². The zero-order valence-corrected chi connectivity index (χ0v) is 19.1. The Bertz CT molecular complexity index is 1420. The summed E-state index contributed by atoms with van der Waals surface area (Å²) in [6.45, 7) is 5.46. The SMILES string of the molecule is Cc1cc([C@@H](C)Nc2ccccc2C(=O)O)c2oc(N3CC(c4ccccc4)C3)cc(=O)c2c1. The molecule has 2 N–H and O–H groups in total. The van der Waals surface area contributed by atoms with E-state index in [9.17, 15) is 14.7 Å². The molecule has 6 nitrogen and oxygen atoms in total. The van der Waals surface area contributed by atoms with Crippen molar-refractivity contribution in [3.05, 3.63) is 105 Å². The summed E-state index contributed by atoms with van der Waals surface area (Å²) < 4.78 is 6.32. The number of anilines is 2. The Labute approximate surface area is 197 Å². The molecule has 0 radical (unpaired) electrons. The predicted molar refractivity (Wildman–Crippen MR) is 134 cm³/mol. The van der Waals surface area contributed by atoms with Crippen LogP contribution in [0.25, 0.3) is 11.0 Å². The number of nitrogens with zero attached hydrogens (tertiary/aromatic N) is 1. The smallest absolute Gasteiger partial charge is 0.337 e. The Morgan fingerprint density at radius 2 is 1.76 bits per heavy atom. The van der Waals surface area contributed by atoms with Gasteiger partial charge in [-0.2, -0.15) is 0 Å². The van der Waals surface area contributed by atoms with E-state index in [2.05, 4.69) is 22.3 Å². The van der Waals surface area contributed by atoms with Gasteiger partial charge in [0.15, 0.2) is 11.3 Å². The predicted octanol–water partition coefficient (Wildman–Crippen LogP) is 5.58. The molecule has 2 heterocycles. The number of carboxylic acids is 1. The van der Waals surface area contributed by atoms with E-state index < -0.39 is 5.97 Å². The molecule has 3 aromatic carbocycles. The van der Waals surface area contributed by atoms with Gasteiger partial charge < -0.3 is 19.7 Å². The Kier molecular flexibility index (Phi) is 5.57. The molecular formula is C28H26N2O4. The number of aromatic carboxylic acids is 1. The van der Waals surface area contributed by atoms with Crippen LogP contribution in [0.1, 0.15) is 45.9 Å². The molecule has 1 atom stereocenters. The van der Waals surface area contributed by atoms with Crippen molar-refractivity contribution >= 4 is 28.5 Å². The molecule has 5 rings (SSSR count). The third-order valence-electron chi connectivity index (χ3n) is 6.45. The highest BCUT2D eigenvalue weighted by Gasteiger charge is 2.30. The second-order valence-corrected chi connectivity index (χ2v) is 8.91. The van der Waals surface area contributed by atoms with Crippen LogP contribution in [-0.2, 0) is 0 Å². The van der Waals surface area contributed by atoms with Gasteiger partial charge in [0.05, 0.1) is 17.0 Å². The summed E-state index contributed by atoms with van der Waals surface area (Å²) >= 11 is 0. The van der Waals surface area contributed by atoms with Crippen LogP contribution in [0.4, 0.5) is 11.6 Å². The molecule has 1 saturated heterocycles. The number of hydrogen-bond donors (Lipinski definition) is 2. The average molecular weight is 455 g/mol. The van der Waals surface area contributed by atoms with Crippen molar-refractivity contribution in [1.29, 1.82) is 0 Å². The van der Waals surface area contributed by atoms with E-state index in [4.69, 9.17) is 4.42 Å². The van der Waals surface area contributed by atoms with E-state index in [1.165, 1.54) is 5.56 Å². The van der Waals surface area contributed by atoms with Crippen molar-refractivity contribution in [3.8, 4) is 0 Å². The first kappa shape index (κ1) is 21.8. The summed E-state index contributed by atoms with van der Waals surface area (Å²) in [5, 5.41) is 13.4. The van der Waals surface area contributed by atoms with Crippen LogP contribution in [0.2, 0.25) is 0 Å². The summed E-state index contributed by atoms with van der Waals surface area (Å²) in [5.74, 6) is -0.0234. The Morgan fingerprint density at radius 3 is 2.50 bits per heavy atom. The second kappa shape index (κ2) is 8.71. The Balaban J connectivity index is 1.48. The summed E-state index contributed by atoms with van der Waals surface area (Å²) in [6.07, 6.45) is 0. The van der Waals surface area contributed by atoms with Gasteiger partial charge in [-0.15, -0.1) is 0 Å². The van der Waals surface area contributed by atoms with Crippen molar-refractivity contribution in [2.45, 2.75) is 25.8 Å². The van der Waals surface area contributed by atoms with Gasteiger partial charge in [-0.05, 0) is 43.2 Å². The monoisotopic (exact) mass is 454 g/mol. The number of para-hydroxylation sites is 1. The van der Waals surface area contributed by atoms with E-state index in [0.717, 1.165) is 24.2 Å². The van der Waals surface area contributed by atoms with Crippen molar-refractivity contribution in [3.63, 3.8) is 0 Å². The van der Waals surface area contributed by atoms with Gasteiger partial charge in [-0.1, -0.05) is 48.5 Å². The lowest BCUT2D eigenvalue weighted by Gasteiger charge is -2.40. The Hall–Kier alpha value is -4.06. The topological polar surface area (TPSA) is 82.8 Å². The third kappa shape index (κ3) is 4.03. The van der Waals surface area contributed by atoms with Gasteiger partial charge in [0, 0.05) is 36.3 Å². The molecule has 0 amide bonds. The number of benzene rings is 3. The van der Waals surface area contributed by atoms with Crippen molar-refractivity contribution in [2.75, 3.05) is 23.3 Å². The van der Waals surface area contributed by atoms with Crippen LogP contribution < -0.4 is 15.6 Å². The molecule has 0 aliphatic carbocycles. The Morgan fingerprint density at radius 1 is 1.06 bits per heavy atom. The maximum atomic E-state index is 13.0. The van der Waals surface area contributed by atoms with Crippen molar-refractivity contribution in [1.82, 2.24) is 0 Å². The van der Waals surface area contributed by atoms with Gasteiger partial charge >= 0.3 is 5.97 Å². The third-order valence-corrected chi connectivity index (χ3v) is 6.45. The van der Waals surface area contributed by atoms with Crippen molar-refractivity contribution in [2.24, 2.45) is 0 Å². The number of hydrogen-bond acceptors (Lipinski definition) is 5. The zero-order valence-electron chi connectivity index (χ0n) is 19.1. The van der Waals surface area contributed by atoms with E-state index in [-0.39, 0.29) is 17.0 Å². The molecule has 34 heavy (non-hydrogen) atoms. The first-order valence-electron chi connectivity index (χ1n) is 11.4. The number of aryl methyl sites for hydroxylation is 1. The van der Waals surface area contributed by atoms with Crippen LogP contribution in [0.15, 0.2) is 82.0 Å². The van der Waals surface area contributed by atoms with Crippen molar-refractivity contribution < 1.29 is 14.3 Å². The highest BCUT2D eigenvalue weighted by molar-refractivity contribution is 5.94. The molecule has 1 aromatic heterocycles. The summed E-state index contributed by atoms with van der Waals surface area (Å²) in [5.41, 5.74) is 4.20. The maximum absolute atomic E-state index is 13.0. The largest absolute Gasteiger partial charge is 0.478 e. The molecule has 1 aliphatic heterocycles. The molecule has 1 fully saturated rings. The van der Waals surface area contributed by atoms with Crippen LogP contribution in [0.5, 0.6) is 0 Å². The highest BCUT2D eigenvalue weighted by Crippen LogP contribution is 2.35. The molecule has 0 spiro atoms. The lowest BCUT2D eigenvalue weighted by molar-refractivity contribution is 0.0698. The van der Waals surface area contributed by atoms with Crippen LogP contribution in [0, 0.1) is 6.92 Å². The molecule has 4 aromatic rings.